The minimum Gasteiger partial charge on any atom is -0.497 e. The van der Waals surface area contributed by atoms with Gasteiger partial charge in [-0.2, -0.15) is 0 Å². The van der Waals surface area contributed by atoms with Crippen LogP contribution in [0, 0.1) is 11.8 Å². The number of carbonyl (C=O) groups excluding carboxylic acids is 4. The van der Waals surface area contributed by atoms with Gasteiger partial charge in [0.1, 0.15) is 23.0 Å². The minimum absolute atomic E-state index is 0.127. The molecule has 1 amide bonds. The van der Waals surface area contributed by atoms with Crippen LogP contribution in [0.25, 0.3) is 6.08 Å². The molecule has 1 fully saturated rings. The molecule has 0 N–H and O–H groups in total. The third kappa shape index (κ3) is 8.09. The monoisotopic (exact) mass is 648 g/mol. The second kappa shape index (κ2) is 15.4. The second-order valence-electron chi connectivity index (χ2n) is 12.0. The lowest BCUT2D eigenvalue weighted by atomic mass is 9.79. The number of hydrogen-bond donors (Lipinski definition) is 0. The van der Waals surface area contributed by atoms with E-state index >= 15 is 0 Å². The largest absolute Gasteiger partial charge is 0.497 e. The van der Waals surface area contributed by atoms with Crippen LogP contribution in [-0.4, -0.2) is 49.3 Å². The van der Waals surface area contributed by atoms with Gasteiger partial charge in [0.15, 0.2) is 0 Å². The molecule has 0 unspecified atom stereocenters. The van der Waals surface area contributed by atoms with Crippen LogP contribution in [0.15, 0.2) is 91.1 Å². The SMILES string of the molecule is COc1ccc(N(C)C(=O)c2ccc(CC(=O)C3CCC(C(=O)Oc4ccc(OC)cc4/C=C/C(=O)c4cccn4C)CC3)cc2)cc1. The number of aromatic nitrogens is 1. The summed E-state index contributed by atoms with van der Waals surface area (Å²) in [6, 6.07) is 23.0. The molecule has 5 rings (SSSR count). The summed E-state index contributed by atoms with van der Waals surface area (Å²) < 4.78 is 18.1. The van der Waals surface area contributed by atoms with E-state index in [2.05, 4.69) is 0 Å². The zero-order valence-electron chi connectivity index (χ0n) is 27.7. The molecule has 4 aromatic rings. The molecule has 1 aliphatic rings. The minimum atomic E-state index is -0.352. The molecule has 9 nitrogen and oxygen atoms in total. The highest BCUT2D eigenvalue weighted by molar-refractivity contribution is 6.06. The third-order valence-electron chi connectivity index (χ3n) is 8.90. The van der Waals surface area contributed by atoms with Gasteiger partial charge in [-0.25, -0.2) is 0 Å². The maximum Gasteiger partial charge on any atom is 0.314 e. The molecule has 1 saturated carbocycles. The zero-order valence-corrected chi connectivity index (χ0v) is 27.7. The lowest BCUT2D eigenvalue weighted by Gasteiger charge is -2.26. The summed E-state index contributed by atoms with van der Waals surface area (Å²) in [4.78, 5) is 53.6. The van der Waals surface area contributed by atoms with Gasteiger partial charge < -0.3 is 23.7 Å². The van der Waals surface area contributed by atoms with E-state index in [0.717, 1.165) is 11.3 Å². The van der Waals surface area contributed by atoms with E-state index in [1.54, 1.807) is 105 Å². The van der Waals surface area contributed by atoms with Crippen molar-refractivity contribution in [3.05, 3.63) is 114 Å². The summed E-state index contributed by atoms with van der Waals surface area (Å²) >= 11 is 0. The van der Waals surface area contributed by atoms with Gasteiger partial charge in [0.05, 0.1) is 25.8 Å². The zero-order chi connectivity index (χ0) is 34.2. The molecule has 48 heavy (non-hydrogen) atoms. The molecule has 1 aliphatic carbocycles. The first-order valence-electron chi connectivity index (χ1n) is 15.9. The van der Waals surface area contributed by atoms with E-state index in [4.69, 9.17) is 14.2 Å². The number of ether oxygens (including phenoxy) is 3. The topological polar surface area (TPSA) is 104 Å². The highest BCUT2D eigenvalue weighted by Gasteiger charge is 2.31. The molecule has 0 radical (unpaired) electrons. The maximum absolute atomic E-state index is 13.2. The van der Waals surface area contributed by atoms with Gasteiger partial charge in [0.2, 0.25) is 5.78 Å². The van der Waals surface area contributed by atoms with Crippen LogP contribution in [0.3, 0.4) is 0 Å². The summed E-state index contributed by atoms with van der Waals surface area (Å²) in [5, 5.41) is 0. The first-order valence-corrected chi connectivity index (χ1v) is 15.9. The van der Waals surface area contributed by atoms with Gasteiger partial charge in [-0.05, 0) is 110 Å². The number of nitrogens with zero attached hydrogens (tertiary/aromatic N) is 2. The molecule has 9 heteroatoms. The average Bonchev–Trinajstić information content (AvgIpc) is 3.56. The van der Waals surface area contributed by atoms with Crippen LogP contribution in [0.2, 0.25) is 0 Å². The normalized spacial score (nSPS) is 15.9. The number of hydrogen-bond acceptors (Lipinski definition) is 7. The van der Waals surface area contributed by atoms with Gasteiger partial charge in [0.25, 0.3) is 5.91 Å². The van der Waals surface area contributed by atoms with Crippen molar-refractivity contribution >= 4 is 35.2 Å². The van der Waals surface area contributed by atoms with Crippen molar-refractivity contribution in [2.24, 2.45) is 18.9 Å². The van der Waals surface area contributed by atoms with Crippen molar-refractivity contribution in [3.8, 4) is 17.2 Å². The van der Waals surface area contributed by atoms with Crippen molar-refractivity contribution < 1.29 is 33.4 Å². The van der Waals surface area contributed by atoms with Gasteiger partial charge in [0, 0.05) is 49.4 Å². The Morgan fingerprint density at radius 1 is 0.833 bits per heavy atom. The summed E-state index contributed by atoms with van der Waals surface area (Å²) in [5.41, 5.74) is 3.21. The van der Waals surface area contributed by atoms with Gasteiger partial charge >= 0.3 is 5.97 Å². The van der Waals surface area contributed by atoms with Crippen LogP contribution < -0.4 is 19.1 Å². The molecular formula is C39H40N2O7. The Labute approximate surface area is 280 Å². The number of anilines is 1. The Kier molecular flexibility index (Phi) is 10.9. The van der Waals surface area contributed by atoms with Crippen molar-refractivity contribution in [1.82, 2.24) is 4.57 Å². The molecule has 0 atom stereocenters. The fraction of sp³-hybridized carbons (Fsp3) is 0.282. The number of amides is 1. The van der Waals surface area contributed by atoms with Crippen LogP contribution >= 0.6 is 0 Å². The fourth-order valence-electron chi connectivity index (χ4n) is 5.91. The molecule has 1 aromatic heterocycles. The van der Waals surface area contributed by atoms with Crippen molar-refractivity contribution in [3.63, 3.8) is 0 Å². The molecule has 0 bridgehead atoms. The van der Waals surface area contributed by atoms with Crippen LogP contribution in [-0.2, 0) is 23.1 Å². The number of benzene rings is 3. The Bertz CT molecular complexity index is 1800. The van der Waals surface area contributed by atoms with E-state index in [0.29, 0.717) is 59.8 Å². The predicted molar refractivity (Wildman–Crippen MR) is 184 cm³/mol. The molecule has 0 aliphatic heterocycles. The molecule has 0 spiro atoms. The Balaban J connectivity index is 1.14. The van der Waals surface area contributed by atoms with Crippen LogP contribution in [0.5, 0.6) is 17.2 Å². The Hall–Kier alpha value is -5.44. The third-order valence-corrected chi connectivity index (χ3v) is 8.90. The Morgan fingerprint density at radius 2 is 1.48 bits per heavy atom. The molecular weight excluding hydrogens is 608 g/mol. The van der Waals surface area contributed by atoms with Crippen LogP contribution in [0.1, 0.15) is 57.7 Å². The summed E-state index contributed by atoms with van der Waals surface area (Å²) in [6.07, 6.45) is 7.44. The summed E-state index contributed by atoms with van der Waals surface area (Å²) in [6.45, 7) is 0. The van der Waals surface area contributed by atoms with E-state index in [1.807, 2.05) is 24.3 Å². The lowest BCUT2D eigenvalue weighted by molar-refractivity contribution is -0.141. The highest BCUT2D eigenvalue weighted by Crippen LogP contribution is 2.33. The van der Waals surface area contributed by atoms with Crippen LogP contribution in [0.4, 0.5) is 5.69 Å². The number of carbonyl (C=O) groups is 4. The standard InChI is InChI=1S/C39H40N2O7/c1-40-23-5-6-34(40)35(42)21-15-30-25-33(47-4)20-22-37(30)48-39(45)29-13-11-27(12-14-29)36(43)24-26-7-9-28(10-8-26)38(44)41(2)31-16-18-32(46-3)19-17-31/h5-10,15-23,25,27,29H,11-14,24H2,1-4H3/b21-15+. The van der Waals surface area contributed by atoms with Gasteiger partial charge in [-0.1, -0.05) is 12.1 Å². The number of methoxy groups -OCH3 is 2. The lowest BCUT2D eigenvalue weighted by Crippen LogP contribution is -2.29. The molecule has 1 heterocycles. The highest BCUT2D eigenvalue weighted by atomic mass is 16.5. The quantitative estimate of drug-likeness (QED) is 0.0726. The number of aryl methyl sites for hydroxylation is 1. The van der Waals surface area contributed by atoms with Crippen molar-refractivity contribution in [1.29, 1.82) is 0 Å². The van der Waals surface area contributed by atoms with Crippen molar-refractivity contribution in [2.75, 3.05) is 26.2 Å². The first-order chi connectivity index (χ1) is 23.2. The van der Waals surface area contributed by atoms with E-state index < -0.39 is 0 Å². The number of rotatable bonds is 12. The van der Waals surface area contributed by atoms with E-state index in [1.165, 1.54) is 6.08 Å². The summed E-state index contributed by atoms with van der Waals surface area (Å²) in [5.74, 6) is 0.608. The maximum atomic E-state index is 13.2. The number of ketones is 2. The Morgan fingerprint density at radius 3 is 2.10 bits per heavy atom. The number of Topliss-reactive ketones (excluding diaryl/α,β-unsaturated/α-hetero) is 1. The molecule has 0 saturated heterocycles. The first kappa shape index (κ1) is 33.9. The second-order valence-corrected chi connectivity index (χ2v) is 12.0. The van der Waals surface area contributed by atoms with E-state index in [-0.39, 0.29) is 41.7 Å². The molecule has 248 valence electrons. The van der Waals surface area contributed by atoms with Crippen molar-refractivity contribution in [2.45, 2.75) is 32.1 Å². The predicted octanol–water partition coefficient (Wildman–Crippen LogP) is 6.74. The summed E-state index contributed by atoms with van der Waals surface area (Å²) in [7, 11) is 6.66. The number of esters is 1. The van der Waals surface area contributed by atoms with E-state index in [9.17, 15) is 19.2 Å². The smallest absolute Gasteiger partial charge is 0.314 e. The fourth-order valence-corrected chi connectivity index (χ4v) is 5.91. The van der Waals surface area contributed by atoms with Gasteiger partial charge in [-0.15, -0.1) is 0 Å². The number of allylic oxidation sites excluding steroid dienone is 1. The average molecular weight is 649 g/mol. The molecule has 3 aromatic carbocycles. The van der Waals surface area contributed by atoms with Gasteiger partial charge in [-0.3, -0.25) is 19.2 Å².